The summed E-state index contributed by atoms with van der Waals surface area (Å²) in [7, 11) is 0. The standard InChI is InChI=1S/C18H18FN5O/c19-13-3-5-14(6-4-13)25-18-11-20-10-15(23-18)16-2-1-9-24(16)12-17-21-7-8-22-17/h3-8,10-11,16H,1-2,9,12H2,(H,21,22). The molecule has 1 fully saturated rings. The number of ether oxygens (including phenoxy) is 1. The van der Waals surface area contributed by atoms with E-state index in [2.05, 4.69) is 24.8 Å². The highest BCUT2D eigenvalue weighted by Gasteiger charge is 2.28. The van der Waals surface area contributed by atoms with Crippen LogP contribution in [0.15, 0.2) is 49.1 Å². The van der Waals surface area contributed by atoms with Crippen LogP contribution in [0.4, 0.5) is 4.39 Å². The molecule has 7 heteroatoms. The molecule has 4 rings (SSSR count). The van der Waals surface area contributed by atoms with Gasteiger partial charge in [0.2, 0.25) is 5.88 Å². The molecule has 1 atom stereocenters. The molecule has 1 aliphatic heterocycles. The monoisotopic (exact) mass is 339 g/mol. The average Bonchev–Trinajstić information content (AvgIpc) is 3.30. The number of hydrogen-bond acceptors (Lipinski definition) is 5. The molecule has 3 aromatic rings. The lowest BCUT2D eigenvalue weighted by Crippen LogP contribution is -2.24. The largest absolute Gasteiger partial charge is 0.437 e. The first-order chi connectivity index (χ1) is 12.3. The van der Waals surface area contributed by atoms with Crippen molar-refractivity contribution in [1.82, 2.24) is 24.8 Å². The number of imidazole rings is 1. The number of benzene rings is 1. The van der Waals surface area contributed by atoms with Crippen molar-refractivity contribution in [3.05, 3.63) is 66.4 Å². The third-order valence-electron chi connectivity index (χ3n) is 4.28. The molecule has 6 nitrogen and oxygen atoms in total. The molecule has 1 aliphatic rings. The second-order valence-electron chi connectivity index (χ2n) is 6.00. The number of nitrogens with zero attached hydrogens (tertiary/aromatic N) is 4. The molecular formula is C18H18FN5O. The van der Waals surface area contributed by atoms with Gasteiger partial charge in [-0.05, 0) is 43.7 Å². The van der Waals surface area contributed by atoms with Crippen molar-refractivity contribution in [2.45, 2.75) is 25.4 Å². The van der Waals surface area contributed by atoms with Gasteiger partial charge in [-0.3, -0.25) is 9.88 Å². The van der Waals surface area contributed by atoms with Gasteiger partial charge in [-0.2, -0.15) is 0 Å². The Bertz CT molecular complexity index is 822. The maximum absolute atomic E-state index is 13.0. The van der Waals surface area contributed by atoms with Gasteiger partial charge in [0.25, 0.3) is 0 Å². The van der Waals surface area contributed by atoms with Crippen LogP contribution in [-0.2, 0) is 6.54 Å². The molecule has 2 aromatic heterocycles. The summed E-state index contributed by atoms with van der Waals surface area (Å²) in [5, 5.41) is 0. The van der Waals surface area contributed by atoms with Crippen molar-refractivity contribution in [3.63, 3.8) is 0 Å². The van der Waals surface area contributed by atoms with Gasteiger partial charge < -0.3 is 9.72 Å². The molecule has 1 aromatic carbocycles. The highest BCUT2D eigenvalue weighted by molar-refractivity contribution is 5.26. The molecule has 0 saturated carbocycles. The lowest BCUT2D eigenvalue weighted by atomic mass is 10.1. The minimum Gasteiger partial charge on any atom is -0.437 e. The molecule has 0 bridgehead atoms. The maximum Gasteiger partial charge on any atom is 0.238 e. The molecule has 3 heterocycles. The van der Waals surface area contributed by atoms with E-state index in [-0.39, 0.29) is 11.9 Å². The van der Waals surface area contributed by atoms with Gasteiger partial charge in [-0.15, -0.1) is 0 Å². The Morgan fingerprint density at radius 1 is 1.24 bits per heavy atom. The molecule has 0 spiro atoms. The highest BCUT2D eigenvalue weighted by atomic mass is 19.1. The normalized spacial score (nSPS) is 17.7. The van der Waals surface area contributed by atoms with E-state index in [1.54, 1.807) is 30.7 Å². The molecule has 25 heavy (non-hydrogen) atoms. The van der Waals surface area contributed by atoms with E-state index < -0.39 is 0 Å². The van der Waals surface area contributed by atoms with E-state index in [0.29, 0.717) is 11.6 Å². The summed E-state index contributed by atoms with van der Waals surface area (Å²) in [4.78, 5) is 18.6. The Morgan fingerprint density at radius 2 is 2.12 bits per heavy atom. The second kappa shape index (κ2) is 6.98. The number of H-pyrrole nitrogens is 1. The Labute approximate surface area is 144 Å². The highest BCUT2D eigenvalue weighted by Crippen LogP contribution is 2.32. The average molecular weight is 339 g/mol. The van der Waals surface area contributed by atoms with Crippen LogP contribution in [0, 0.1) is 5.82 Å². The molecule has 128 valence electrons. The van der Waals surface area contributed by atoms with E-state index in [0.717, 1.165) is 37.4 Å². The summed E-state index contributed by atoms with van der Waals surface area (Å²) < 4.78 is 18.7. The maximum atomic E-state index is 13.0. The fraction of sp³-hybridized carbons (Fsp3) is 0.278. The van der Waals surface area contributed by atoms with Crippen molar-refractivity contribution < 1.29 is 9.13 Å². The van der Waals surface area contributed by atoms with Crippen LogP contribution in [0.2, 0.25) is 0 Å². The molecule has 1 saturated heterocycles. The van der Waals surface area contributed by atoms with E-state index in [1.165, 1.54) is 12.1 Å². The number of nitrogens with one attached hydrogen (secondary N) is 1. The van der Waals surface area contributed by atoms with Gasteiger partial charge in [0.15, 0.2) is 0 Å². The van der Waals surface area contributed by atoms with Crippen LogP contribution < -0.4 is 4.74 Å². The van der Waals surface area contributed by atoms with E-state index in [9.17, 15) is 4.39 Å². The van der Waals surface area contributed by atoms with Crippen LogP contribution in [-0.4, -0.2) is 31.4 Å². The molecule has 0 radical (unpaired) electrons. The minimum absolute atomic E-state index is 0.189. The molecule has 0 aliphatic carbocycles. The lowest BCUT2D eigenvalue weighted by molar-refractivity contribution is 0.237. The molecule has 1 N–H and O–H groups in total. The fourth-order valence-electron chi connectivity index (χ4n) is 3.12. The zero-order valence-corrected chi connectivity index (χ0v) is 13.6. The predicted octanol–water partition coefficient (Wildman–Crippen LogP) is 3.47. The number of aromatic nitrogens is 4. The summed E-state index contributed by atoms with van der Waals surface area (Å²) in [6.45, 7) is 1.75. The summed E-state index contributed by atoms with van der Waals surface area (Å²) in [6, 6.07) is 6.04. The molecule has 0 amide bonds. The smallest absolute Gasteiger partial charge is 0.238 e. The molecule has 1 unspecified atom stereocenters. The van der Waals surface area contributed by atoms with Crippen LogP contribution in [0.3, 0.4) is 0 Å². The molecular weight excluding hydrogens is 321 g/mol. The number of halogens is 1. The van der Waals surface area contributed by atoms with Crippen LogP contribution in [0.1, 0.15) is 30.4 Å². The van der Waals surface area contributed by atoms with Gasteiger partial charge >= 0.3 is 0 Å². The van der Waals surface area contributed by atoms with Crippen molar-refractivity contribution in [3.8, 4) is 11.6 Å². The SMILES string of the molecule is Fc1ccc(Oc2cncc(C3CCCN3Cc3ncc[nH]3)n2)cc1. The second-order valence-corrected chi connectivity index (χ2v) is 6.00. The topological polar surface area (TPSA) is 66.9 Å². The predicted molar refractivity (Wildman–Crippen MR) is 89.5 cm³/mol. The summed E-state index contributed by atoms with van der Waals surface area (Å²) >= 11 is 0. The summed E-state index contributed by atoms with van der Waals surface area (Å²) in [5.41, 5.74) is 0.878. The number of likely N-dealkylation sites (tertiary alicyclic amines) is 1. The fourth-order valence-corrected chi connectivity index (χ4v) is 3.12. The van der Waals surface area contributed by atoms with Crippen LogP contribution >= 0.6 is 0 Å². The minimum atomic E-state index is -0.299. The van der Waals surface area contributed by atoms with E-state index >= 15 is 0 Å². The third kappa shape index (κ3) is 3.66. The van der Waals surface area contributed by atoms with E-state index in [1.807, 2.05) is 6.20 Å². The number of hydrogen-bond donors (Lipinski definition) is 1. The summed E-state index contributed by atoms with van der Waals surface area (Å²) in [5.74, 6) is 1.59. The van der Waals surface area contributed by atoms with Gasteiger partial charge in [-0.1, -0.05) is 0 Å². The zero-order chi connectivity index (χ0) is 17.1. The third-order valence-corrected chi connectivity index (χ3v) is 4.28. The number of rotatable bonds is 5. The first kappa shape index (κ1) is 15.7. The lowest BCUT2D eigenvalue weighted by Gasteiger charge is -2.22. The van der Waals surface area contributed by atoms with Crippen molar-refractivity contribution in [1.29, 1.82) is 0 Å². The van der Waals surface area contributed by atoms with Gasteiger partial charge in [0, 0.05) is 12.4 Å². The zero-order valence-electron chi connectivity index (χ0n) is 13.6. The van der Waals surface area contributed by atoms with Crippen molar-refractivity contribution in [2.75, 3.05) is 6.54 Å². The van der Waals surface area contributed by atoms with Crippen LogP contribution in [0.5, 0.6) is 11.6 Å². The Balaban J connectivity index is 1.51. The van der Waals surface area contributed by atoms with Crippen molar-refractivity contribution >= 4 is 0 Å². The first-order valence-electron chi connectivity index (χ1n) is 8.25. The van der Waals surface area contributed by atoms with E-state index in [4.69, 9.17) is 4.74 Å². The Kier molecular flexibility index (Phi) is 4.39. The Hall–Kier alpha value is -2.80. The van der Waals surface area contributed by atoms with Crippen molar-refractivity contribution in [2.24, 2.45) is 0 Å². The first-order valence-corrected chi connectivity index (χ1v) is 8.25. The van der Waals surface area contributed by atoms with Gasteiger partial charge in [0.05, 0.1) is 30.7 Å². The van der Waals surface area contributed by atoms with Crippen LogP contribution in [0.25, 0.3) is 0 Å². The van der Waals surface area contributed by atoms with Gasteiger partial charge in [-0.25, -0.2) is 14.4 Å². The number of aromatic amines is 1. The summed E-state index contributed by atoms with van der Waals surface area (Å²) in [6.07, 6.45) is 9.07. The van der Waals surface area contributed by atoms with Gasteiger partial charge in [0.1, 0.15) is 17.4 Å². The quantitative estimate of drug-likeness (QED) is 0.771. The Morgan fingerprint density at radius 3 is 2.92 bits per heavy atom.